The minimum Gasteiger partial charge on any atom is -0.112 e. The van der Waals surface area contributed by atoms with Crippen molar-refractivity contribution in [2.24, 2.45) is 0 Å². The molecule has 64 valence electrons. The van der Waals surface area contributed by atoms with Crippen LogP contribution in [0.5, 0.6) is 0 Å². The number of rotatable bonds is 6. The van der Waals surface area contributed by atoms with Crippen molar-refractivity contribution in [2.75, 3.05) is 0 Å². The Morgan fingerprint density at radius 1 is 0.818 bits per heavy atom. The third-order valence-electron chi connectivity index (χ3n) is 0.238. The molecule has 0 fully saturated rings. The summed E-state index contributed by atoms with van der Waals surface area (Å²) >= 11 is 0. The lowest BCUT2D eigenvalue weighted by Crippen LogP contribution is -2.06. The van der Waals surface area contributed by atoms with Gasteiger partial charge in [0, 0.05) is 10.1 Å². The zero-order chi connectivity index (χ0) is 8.69. The van der Waals surface area contributed by atoms with Crippen LogP contribution in [0.4, 0.5) is 0 Å². The SMILES string of the molecule is O=[N+]([O-])OOOOO[N+](=O)[O-]. The van der Waals surface area contributed by atoms with Crippen LogP contribution in [0.25, 0.3) is 0 Å². The second-order valence-corrected chi connectivity index (χ2v) is 0.800. The van der Waals surface area contributed by atoms with E-state index in [1.165, 1.54) is 0 Å². The third-order valence-corrected chi connectivity index (χ3v) is 0.238. The van der Waals surface area contributed by atoms with Crippen molar-refractivity contribution in [3.8, 4) is 0 Å². The summed E-state index contributed by atoms with van der Waals surface area (Å²) in [5.74, 6) is 0. The van der Waals surface area contributed by atoms with E-state index in [-0.39, 0.29) is 0 Å². The van der Waals surface area contributed by atoms with Crippen molar-refractivity contribution in [3.63, 3.8) is 0 Å². The van der Waals surface area contributed by atoms with Crippen molar-refractivity contribution in [2.45, 2.75) is 0 Å². The molecule has 0 aliphatic rings. The van der Waals surface area contributed by atoms with Gasteiger partial charge in [-0.15, -0.1) is 30.2 Å². The largest absolute Gasteiger partial charge is 0.324 e. The first kappa shape index (κ1) is 9.28. The van der Waals surface area contributed by atoms with Gasteiger partial charge in [-0.1, -0.05) is 0 Å². The molecule has 0 aromatic heterocycles. The average molecular weight is 172 g/mol. The third kappa shape index (κ3) is 8.28. The van der Waals surface area contributed by atoms with Gasteiger partial charge in [0.05, 0.1) is 0 Å². The van der Waals surface area contributed by atoms with Crippen LogP contribution in [0, 0.1) is 20.2 Å². The number of nitrogens with zero attached hydrogens (tertiary/aromatic N) is 2. The smallest absolute Gasteiger partial charge is 0.112 e. The molecule has 0 rings (SSSR count). The summed E-state index contributed by atoms with van der Waals surface area (Å²) < 4.78 is 0. The van der Waals surface area contributed by atoms with Gasteiger partial charge in [0.25, 0.3) is 0 Å². The van der Waals surface area contributed by atoms with Crippen LogP contribution in [-0.4, -0.2) is 10.2 Å². The summed E-state index contributed by atoms with van der Waals surface area (Å²) in [6.45, 7) is 0. The first-order chi connectivity index (χ1) is 5.13. The van der Waals surface area contributed by atoms with Gasteiger partial charge in [-0.3, -0.25) is 0 Å². The highest BCUT2D eigenvalue weighted by Crippen LogP contribution is 1.84. The van der Waals surface area contributed by atoms with Gasteiger partial charge in [0.15, 0.2) is 0 Å². The first-order valence-corrected chi connectivity index (χ1v) is 1.76. The molecule has 0 heterocycles. The highest BCUT2D eigenvalue weighted by atomic mass is 17.8. The minimum absolute atomic E-state index is 1.39. The van der Waals surface area contributed by atoms with Gasteiger partial charge in [-0.05, 0) is 5.04 Å². The Kier molecular flexibility index (Phi) is 4.30. The number of hydrogen-bond donors (Lipinski definition) is 0. The second kappa shape index (κ2) is 5.10. The lowest BCUT2D eigenvalue weighted by molar-refractivity contribution is -0.969. The Balaban J connectivity index is 3.03. The first-order valence-electron chi connectivity index (χ1n) is 1.76. The second-order valence-electron chi connectivity index (χ2n) is 0.800. The van der Waals surface area contributed by atoms with Gasteiger partial charge in [-0.25, -0.2) is 0 Å². The highest BCUT2D eigenvalue weighted by Gasteiger charge is 1.99. The molecule has 0 aliphatic heterocycles. The van der Waals surface area contributed by atoms with Crippen LogP contribution in [0.2, 0.25) is 0 Å². The minimum atomic E-state index is -1.39. The summed E-state index contributed by atoms with van der Waals surface area (Å²) in [6.07, 6.45) is 0. The fourth-order valence-electron chi connectivity index (χ4n) is 0.0859. The van der Waals surface area contributed by atoms with E-state index in [1.807, 2.05) is 0 Å². The van der Waals surface area contributed by atoms with Crippen LogP contribution in [0.3, 0.4) is 0 Å². The van der Waals surface area contributed by atoms with Crippen molar-refractivity contribution in [1.29, 1.82) is 0 Å². The van der Waals surface area contributed by atoms with Crippen LogP contribution in [0.1, 0.15) is 0 Å². The van der Waals surface area contributed by atoms with E-state index in [0.29, 0.717) is 0 Å². The maximum absolute atomic E-state index is 9.24. The van der Waals surface area contributed by atoms with E-state index >= 15 is 0 Å². The molecule has 0 aliphatic carbocycles. The molecule has 11 nitrogen and oxygen atoms in total. The van der Waals surface area contributed by atoms with Crippen LogP contribution >= 0.6 is 0 Å². The Morgan fingerprint density at radius 3 is 1.45 bits per heavy atom. The molecule has 0 radical (unpaired) electrons. The summed E-state index contributed by atoms with van der Waals surface area (Å²) in [5.41, 5.74) is 0. The van der Waals surface area contributed by atoms with Crippen molar-refractivity contribution in [3.05, 3.63) is 20.2 Å². The molecule has 0 N–H and O–H groups in total. The van der Waals surface area contributed by atoms with Crippen molar-refractivity contribution < 1.29 is 35.3 Å². The molecule has 0 amide bonds. The van der Waals surface area contributed by atoms with E-state index in [1.54, 1.807) is 0 Å². The van der Waals surface area contributed by atoms with Gasteiger partial charge >= 0.3 is 10.2 Å². The Hall–Kier alpha value is -1.72. The van der Waals surface area contributed by atoms with Gasteiger partial charge < -0.3 is 0 Å². The molecule has 11 heteroatoms. The lowest BCUT2D eigenvalue weighted by atomic mass is 13.1. The molecule has 0 bridgehead atoms. The van der Waals surface area contributed by atoms with E-state index < -0.39 is 10.2 Å². The topological polar surface area (TPSA) is 132 Å². The van der Waals surface area contributed by atoms with Crippen LogP contribution in [-0.2, 0) is 25.1 Å². The molecule has 11 heavy (non-hydrogen) atoms. The molecule has 0 saturated carbocycles. The molecule has 0 unspecified atom stereocenters. The average Bonchev–Trinajstić information content (AvgIpc) is 1.85. The quantitative estimate of drug-likeness (QED) is 0.216. The van der Waals surface area contributed by atoms with Gasteiger partial charge in [0.1, 0.15) is 0 Å². The summed E-state index contributed by atoms with van der Waals surface area (Å²) in [5, 5.41) is 25.0. The summed E-state index contributed by atoms with van der Waals surface area (Å²) in [6, 6.07) is 0. The molecule has 0 saturated heterocycles. The molecular formula is N2O9. The molecule has 0 aromatic carbocycles. The van der Waals surface area contributed by atoms with E-state index in [4.69, 9.17) is 0 Å². The Labute approximate surface area is 56.9 Å². The maximum atomic E-state index is 9.24. The zero-order valence-electron chi connectivity index (χ0n) is 4.57. The highest BCUT2D eigenvalue weighted by molar-refractivity contribution is 3.85. The maximum Gasteiger partial charge on any atom is 0.324 e. The fourth-order valence-corrected chi connectivity index (χ4v) is 0.0859. The van der Waals surface area contributed by atoms with E-state index in [9.17, 15) is 20.2 Å². The lowest BCUT2D eigenvalue weighted by Gasteiger charge is -1.93. The zero-order valence-corrected chi connectivity index (χ0v) is 4.57. The standard InChI is InChI=1S/N2O9/c3-1(4)7-9-11-10-8-2(5)6. The summed E-state index contributed by atoms with van der Waals surface area (Å²) in [4.78, 5) is 24.5. The van der Waals surface area contributed by atoms with Crippen molar-refractivity contribution in [1.82, 2.24) is 0 Å². The van der Waals surface area contributed by atoms with Gasteiger partial charge in [-0.2, -0.15) is 0 Å². The normalized spacial score (nSPS) is 8.73. The van der Waals surface area contributed by atoms with Crippen molar-refractivity contribution >= 4 is 0 Å². The predicted octanol–water partition coefficient (Wildman–Crippen LogP) is -0.887. The molecular weight excluding hydrogens is 172 g/mol. The van der Waals surface area contributed by atoms with E-state index in [2.05, 4.69) is 25.1 Å². The Morgan fingerprint density at radius 2 is 1.18 bits per heavy atom. The monoisotopic (exact) mass is 172 g/mol. The Bertz CT molecular complexity index is 122. The fraction of sp³-hybridized carbons (Fsp3) is 0. The van der Waals surface area contributed by atoms with Crippen LogP contribution < -0.4 is 0 Å². The van der Waals surface area contributed by atoms with E-state index in [0.717, 1.165) is 0 Å². The van der Waals surface area contributed by atoms with Crippen LogP contribution in [0.15, 0.2) is 0 Å². The number of hydrogen-bond acceptors (Lipinski definition) is 9. The van der Waals surface area contributed by atoms with Gasteiger partial charge in [0.2, 0.25) is 0 Å². The molecule has 0 atom stereocenters. The molecule has 0 spiro atoms. The summed E-state index contributed by atoms with van der Waals surface area (Å²) in [7, 11) is 0. The predicted molar refractivity (Wildman–Crippen MR) is 19.4 cm³/mol. The molecule has 0 aromatic rings.